The monoisotopic (exact) mass is 393 g/mol. The number of nitrogens with two attached hydrogens (primary N) is 1. The molecule has 0 atom stereocenters. The summed E-state index contributed by atoms with van der Waals surface area (Å²) in [6.07, 6.45) is -3.19. The lowest BCUT2D eigenvalue weighted by molar-refractivity contribution is -0.137. The predicted molar refractivity (Wildman–Crippen MR) is 95.5 cm³/mol. The van der Waals surface area contributed by atoms with E-state index in [0.29, 0.717) is 10.9 Å². The van der Waals surface area contributed by atoms with Gasteiger partial charge in [-0.15, -0.1) is 0 Å². The summed E-state index contributed by atoms with van der Waals surface area (Å²) in [4.78, 5) is 17.1. The van der Waals surface area contributed by atoms with Gasteiger partial charge in [0.15, 0.2) is 0 Å². The predicted octanol–water partition coefficient (Wildman–Crippen LogP) is 4.49. The third kappa shape index (κ3) is 3.83. The Hall–Kier alpha value is -3.36. The van der Waals surface area contributed by atoms with Crippen LogP contribution in [-0.2, 0) is 12.7 Å². The molecule has 0 saturated carbocycles. The van der Waals surface area contributed by atoms with E-state index in [4.69, 9.17) is 10.5 Å². The number of amides is 2. The first-order valence-electron chi connectivity index (χ1n) is 8.06. The van der Waals surface area contributed by atoms with Gasteiger partial charge in [0.1, 0.15) is 5.82 Å². The average Bonchev–Trinajstić information content (AvgIpc) is 2.66. The van der Waals surface area contributed by atoms with Crippen molar-refractivity contribution >= 4 is 22.5 Å². The van der Waals surface area contributed by atoms with E-state index in [1.54, 1.807) is 0 Å². The van der Waals surface area contributed by atoms with Crippen LogP contribution in [0.3, 0.4) is 0 Å². The van der Waals surface area contributed by atoms with E-state index in [2.05, 4.69) is 4.98 Å². The average molecular weight is 393 g/mol. The number of hydrogen-bond acceptors (Lipinski definition) is 3. The number of alkyl halides is 3. The highest BCUT2D eigenvalue weighted by Crippen LogP contribution is 2.32. The van der Waals surface area contributed by atoms with E-state index in [-0.39, 0.29) is 23.5 Å². The molecule has 0 aliphatic heterocycles. The molecule has 0 aliphatic carbocycles. The van der Waals surface area contributed by atoms with E-state index < -0.39 is 23.6 Å². The molecule has 0 spiro atoms. The number of hydrogen-bond donors (Lipinski definition) is 1. The molecule has 1 aromatic heterocycles. The third-order valence-corrected chi connectivity index (χ3v) is 4.19. The molecule has 0 radical (unpaired) electrons. The number of benzene rings is 2. The fourth-order valence-corrected chi connectivity index (χ4v) is 2.78. The summed E-state index contributed by atoms with van der Waals surface area (Å²) in [7, 11) is 1.39. The molecule has 0 unspecified atom stereocenters. The van der Waals surface area contributed by atoms with Crippen LogP contribution in [0.1, 0.15) is 11.1 Å². The maximum absolute atomic E-state index is 14.1. The molecule has 28 heavy (non-hydrogen) atoms. The van der Waals surface area contributed by atoms with E-state index >= 15 is 0 Å². The van der Waals surface area contributed by atoms with Crippen molar-refractivity contribution in [3.8, 4) is 5.88 Å². The first-order valence-corrected chi connectivity index (χ1v) is 8.06. The Bertz CT molecular complexity index is 1020. The molecule has 1 heterocycles. The Morgan fingerprint density at radius 3 is 2.39 bits per heavy atom. The molecule has 0 saturated heterocycles. The van der Waals surface area contributed by atoms with Crippen LogP contribution < -0.4 is 15.4 Å². The number of methoxy groups -OCH3 is 1. The maximum Gasteiger partial charge on any atom is 0.416 e. The summed E-state index contributed by atoms with van der Waals surface area (Å²) in [6, 6.07) is 7.49. The molecule has 0 aliphatic rings. The first kappa shape index (κ1) is 19.4. The summed E-state index contributed by atoms with van der Waals surface area (Å²) in [6.45, 7) is -0.0984. The lowest BCUT2D eigenvalue weighted by Gasteiger charge is -2.23. The van der Waals surface area contributed by atoms with Crippen molar-refractivity contribution in [3.05, 3.63) is 65.6 Å². The zero-order chi connectivity index (χ0) is 20.5. The fraction of sp³-hybridized carbons (Fsp3) is 0.158. The van der Waals surface area contributed by atoms with Gasteiger partial charge in [0.05, 0.1) is 24.9 Å². The molecule has 0 fully saturated rings. The van der Waals surface area contributed by atoms with Crippen molar-refractivity contribution in [2.24, 2.45) is 5.73 Å². The van der Waals surface area contributed by atoms with Gasteiger partial charge in [0, 0.05) is 23.0 Å². The second-order valence-electron chi connectivity index (χ2n) is 5.96. The van der Waals surface area contributed by atoms with Gasteiger partial charge in [-0.25, -0.2) is 14.2 Å². The van der Waals surface area contributed by atoms with Crippen molar-refractivity contribution < 1.29 is 27.1 Å². The van der Waals surface area contributed by atoms with Crippen LogP contribution in [0.2, 0.25) is 0 Å². The van der Waals surface area contributed by atoms with Crippen molar-refractivity contribution in [2.45, 2.75) is 12.7 Å². The molecule has 5 nitrogen and oxygen atoms in total. The number of pyridine rings is 1. The minimum absolute atomic E-state index is 0.0984. The Morgan fingerprint density at radius 1 is 1.14 bits per heavy atom. The Balaban J connectivity index is 2.03. The molecule has 0 bridgehead atoms. The van der Waals surface area contributed by atoms with E-state index in [1.807, 2.05) is 0 Å². The second-order valence-corrected chi connectivity index (χ2v) is 5.96. The largest absolute Gasteiger partial charge is 0.481 e. The highest BCUT2D eigenvalue weighted by molar-refractivity contribution is 6.02. The van der Waals surface area contributed by atoms with Gasteiger partial charge in [-0.3, -0.25) is 4.90 Å². The number of urea groups is 1. The number of primary amides is 1. The summed E-state index contributed by atoms with van der Waals surface area (Å²) >= 11 is 0. The number of carbonyl (C=O) groups excluding carboxylic acids is 1. The van der Waals surface area contributed by atoms with Crippen molar-refractivity contribution in [1.29, 1.82) is 0 Å². The van der Waals surface area contributed by atoms with Gasteiger partial charge in [-0.1, -0.05) is 12.1 Å². The van der Waals surface area contributed by atoms with Crippen LogP contribution >= 0.6 is 0 Å². The topological polar surface area (TPSA) is 68.5 Å². The molecular weight excluding hydrogens is 378 g/mol. The number of carbonyl (C=O) groups is 1. The Labute approximate surface area is 157 Å². The number of rotatable bonds is 4. The Kier molecular flexibility index (Phi) is 5.08. The number of aromatic nitrogens is 1. The first-order chi connectivity index (χ1) is 13.2. The SMILES string of the molecule is COc1cc2c(N(Cc3ccc(C(F)(F)F)cc3)C(N)=O)ccc(F)c2cn1. The normalized spacial score (nSPS) is 11.5. The standard InChI is InChI=1S/C19H15F4N3O2/c1-28-17-8-13-14(9-25-17)15(20)6-7-16(13)26(18(24)27)10-11-2-4-12(5-3-11)19(21,22)23/h2-9H,10H2,1H3,(H2,24,27). The zero-order valence-corrected chi connectivity index (χ0v) is 14.6. The van der Waals surface area contributed by atoms with E-state index in [0.717, 1.165) is 23.1 Å². The van der Waals surface area contributed by atoms with Crippen molar-refractivity contribution in [2.75, 3.05) is 12.0 Å². The number of nitrogens with zero attached hydrogens (tertiary/aromatic N) is 2. The summed E-state index contributed by atoms with van der Waals surface area (Å²) in [5.41, 5.74) is 5.38. The molecule has 2 aromatic carbocycles. The van der Waals surface area contributed by atoms with Crippen molar-refractivity contribution in [1.82, 2.24) is 4.98 Å². The quantitative estimate of drug-likeness (QED) is 0.665. The minimum Gasteiger partial charge on any atom is -0.481 e. The van der Waals surface area contributed by atoms with Gasteiger partial charge >= 0.3 is 12.2 Å². The van der Waals surface area contributed by atoms with Crippen LogP contribution in [0, 0.1) is 5.82 Å². The highest BCUT2D eigenvalue weighted by atomic mass is 19.4. The molecule has 3 rings (SSSR count). The molecular formula is C19H15F4N3O2. The van der Waals surface area contributed by atoms with Crippen LogP contribution in [0.4, 0.5) is 28.0 Å². The maximum atomic E-state index is 14.1. The number of halogens is 4. The van der Waals surface area contributed by atoms with Crippen LogP contribution in [0.15, 0.2) is 48.7 Å². The summed E-state index contributed by atoms with van der Waals surface area (Å²) in [5.74, 6) is -0.342. The smallest absolute Gasteiger partial charge is 0.416 e. The minimum atomic E-state index is -4.46. The van der Waals surface area contributed by atoms with Gasteiger partial charge in [-0.2, -0.15) is 13.2 Å². The molecule has 2 N–H and O–H groups in total. The molecule has 2 amide bonds. The zero-order valence-electron chi connectivity index (χ0n) is 14.6. The third-order valence-electron chi connectivity index (χ3n) is 4.19. The van der Waals surface area contributed by atoms with Gasteiger partial charge in [0.25, 0.3) is 0 Å². The van der Waals surface area contributed by atoms with Crippen molar-refractivity contribution in [3.63, 3.8) is 0 Å². The highest BCUT2D eigenvalue weighted by Gasteiger charge is 2.30. The van der Waals surface area contributed by atoms with E-state index in [1.165, 1.54) is 37.6 Å². The molecule has 146 valence electrons. The number of anilines is 1. The van der Waals surface area contributed by atoms with Crippen LogP contribution in [0.5, 0.6) is 5.88 Å². The van der Waals surface area contributed by atoms with Gasteiger partial charge < -0.3 is 10.5 Å². The van der Waals surface area contributed by atoms with Crippen LogP contribution in [-0.4, -0.2) is 18.1 Å². The van der Waals surface area contributed by atoms with Crippen LogP contribution in [0.25, 0.3) is 10.8 Å². The Morgan fingerprint density at radius 2 is 1.82 bits per heavy atom. The lowest BCUT2D eigenvalue weighted by Crippen LogP contribution is -2.35. The molecule has 9 heteroatoms. The fourth-order valence-electron chi connectivity index (χ4n) is 2.78. The van der Waals surface area contributed by atoms with E-state index in [9.17, 15) is 22.4 Å². The lowest BCUT2D eigenvalue weighted by atomic mass is 10.1. The van der Waals surface area contributed by atoms with Gasteiger partial charge in [-0.05, 0) is 29.8 Å². The number of fused-ring (bicyclic) bond motifs is 1. The summed E-state index contributed by atoms with van der Waals surface area (Å²) in [5, 5.41) is 0.481. The number of ether oxygens (including phenoxy) is 1. The second kappa shape index (κ2) is 7.34. The van der Waals surface area contributed by atoms with Gasteiger partial charge in [0.2, 0.25) is 5.88 Å². The summed E-state index contributed by atoms with van der Waals surface area (Å²) < 4.78 is 57.3. The molecule has 3 aromatic rings.